The second kappa shape index (κ2) is 17.5. The highest BCUT2D eigenvalue weighted by atomic mass is 32.1. The standard InChI is InChI=1S/C34H47N7O4S2/c1-5-22(4)29(35)34(45)41-15-9-13-28(42)37-24(17-21(2)3)32-40-27(20-47-32)31(44)38-25(18-23-11-7-6-8-12-23)33-39-26(19-46-33)30(43)36-14-10-16-41/h6-8,11-12,19-22,24-25,29H,5,9-10,13-18,35H2,1-4H3,(H,36,43)(H,37,42)(H,38,44)/t22-,24?,25-,29+/m0/s1. The average molecular weight is 682 g/mol. The Morgan fingerprint density at radius 1 is 0.936 bits per heavy atom. The van der Waals surface area contributed by atoms with Crippen LogP contribution in [0.4, 0.5) is 0 Å². The summed E-state index contributed by atoms with van der Waals surface area (Å²) in [6, 6.07) is 8.30. The number of fused-ring (bicyclic) bond motifs is 4. The Hall–Kier alpha value is -3.68. The first kappa shape index (κ1) is 36.2. The SMILES string of the molecule is CC[C@H](C)[C@@H](N)C(=O)N1CCCNC(=O)c2csc(n2)[C@H](Cc2ccccc2)NC(=O)c2csc(n2)C(CC(C)C)NC(=O)CCC1. The van der Waals surface area contributed by atoms with Crippen LogP contribution in [-0.4, -0.2) is 64.2 Å². The van der Waals surface area contributed by atoms with Crippen molar-refractivity contribution >= 4 is 46.3 Å². The molecule has 13 heteroatoms. The maximum absolute atomic E-state index is 13.5. The molecule has 4 bridgehead atoms. The van der Waals surface area contributed by atoms with E-state index in [1.807, 2.05) is 44.2 Å². The van der Waals surface area contributed by atoms with E-state index in [1.165, 1.54) is 22.7 Å². The minimum atomic E-state index is -0.638. The molecular weight excluding hydrogens is 635 g/mol. The fourth-order valence-electron chi connectivity index (χ4n) is 5.38. The molecule has 0 spiro atoms. The summed E-state index contributed by atoms with van der Waals surface area (Å²) in [5.41, 5.74) is 7.86. The third kappa shape index (κ3) is 10.4. The van der Waals surface area contributed by atoms with Crippen LogP contribution in [-0.2, 0) is 16.0 Å². The monoisotopic (exact) mass is 681 g/mol. The molecule has 4 amide bonds. The molecule has 0 radical (unpaired) electrons. The largest absolute Gasteiger partial charge is 0.351 e. The van der Waals surface area contributed by atoms with Crippen molar-refractivity contribution in [3.63, 3.8) is 0 Å². The zero-order chi connectivity index (χ0) is 33.9. The number of benzene rings is 1. The number of nitrogens with zero attached hydrogens (tertiary/aromatic N) is 3. The van der Waals surface area contributed by atoms with E-state index in [-0.39, 0.29) is 59.3 Å². The summed E-state index contributed by atoms with van der Waals surface area (Å²) in [6.45, 7) is 9.22. The van der Waals surface area contributed by atoms with Gasteiger partial charge in [0, 0.05) is 36.8 Å². The van der Waals surface area contributed by atoms with Crippen LogP contribution in [0.15, 0.2) is 41.1 Å². The summed E-state index contributed by atoms with van der Waals surface area (Å²) in [4.78, 5) is 64.1. The summed E-state index contributed by atoms with van der Waals surface area (Å²) in [5, 5.41) is 13.8. The maximum Gasteiger partial charge on any atom is 0.271 e. The summed E-state index contributed by atoms with van der Waals surface area (Å²) in [6.07, 6.45) is 3.11. The molecule has 4 rings (SSSR count). The third-order valence-electron chi connectivity index (χ3n) is 8.31. The van der Waals surface area contributed by atoms with Crippen LogP contribution < -0.4 is 21.7 Å². The quantitative estimate of drug-likeness (QED) is 0.283. The highest BCUT2D eigenvalue weighted by Gasteiger charge is 2.27. The fraction of sp³-hybridized carbons (Fsp3) is 0.529. The highest BCUT2D eigenvalue weighted by molar-refractivity contribution is 7.10. The predicted molar refractivity (Wildman–Crippen MR) is 185 cm³/mol. The number of nitrogens with one attached hydrogen (secondary N) is 3. The van der Waals surface area contributed by atoms with E-state index in [0.29, 0.717) is 55.3 Å². The van der Waals surface area contributed by atoms with E-state index in [2.05, 4.69) is 39.8 Å². The summed E-state index contributed by atoms with van der Waals surface area (Å²) in [5.74, 6) is -0.678. The van der Waals surface area contributed by atoms with Gasteiger partial charge in [0.1, 0.15) is 21.4 Å². The van der Waals surface area contributed by atoms with Gasteiger partial charge in [-0.3, -0.25) is 19.2 Å². The summed E-state index contributed by atoms with van der Waals surface area (Å²) in [7, 11) is 0. The van der Waals surface area contributed by atoms with Crippen LogP contribution in [0, 0.1) is 11.8 Å². The van der Waals surface area contributed by atoms with Gasteiger partial charge in [0.2, 0.25) is 11.8 Å². The van der Waals surface area contributed by atoms with Crippen molar-refractivity contribution in [3.8, 4) is 0 Å². The number of amides is 4. The molecule has 5 N–H and O–H groups in total. The Morgan fingerprint density at radius 3 is 2.23 bits per heavy atom. The lowest BCUT2D eigenvalue weighted by Gasteiger charge is -2.28. The number of aromatic nitrogens is 2. The Kier molecular flexibility index (Phi) is 13.4. The lowest BCUT2D eigenvalue weighted by atomic mass is 9.98. The molecule has 0 fully saturated rings. The van der Waals surface area contributed by atoms with Crippen LogP contribution in [0.5, 0.6) is 0 Å². The molecule has 11 nitrogen and oxygen atoms in total. The topological polar surface area (TPSA) is 159 Å². The van der Waals surface area contributed by atoms with Crippen LogP contribution in [0.3, 0.4) is 0 Å². The minimum absolute atomic E-state index is 0.0153. The molecule has 0 saturated heterocycles. The Labute approximate surface area is 285 Å². The zero-order valence-corrected chi connectivity index (χ0v) is 29.3. The zero-order valence-electron chi connectivity index (χ0n) is 27.7. The van der Waals surface area contributed by atoms with Crippen molar-refractivity contribution in [3.05, 3.63) is 68.1 Å². The number of rotatable bonds is 7. The van der Waals surface area contributed by atoms with Crippen molar-refractivity contribution in [2.45, 2.75) is 84.3 Å². The van der Waals surface area contributed by atoms with E-state index < -0.39 is 12.1 Å². The van der Waals surface area contributed by atoms with Gasteiger partial charge >= 0.3 is 0 Å². The van der Waals surface area contributed by atoms with Crippen molar-refractivity contribution in [1.29, 1.82) is 0 Å². The van der Waals surface area contributed by atoms with Crippen LogP contribution >= 0.6 is 22.7 Å². The first-order chi connectivity index (χ1) is 22.5. The van der Waals surface area contributed by atoms with Gasteiger partial charge in [-0.15, -0.1) is 22.7 Å². The molecule has 3 heterocycles. The molecule has 1 unspecified atom stereocenters. The third-order valence-corrected chi connectivity index (χ3v) is 10.2. The number of thiazole rings is 2. The maximum atomic E-state index is 13.5. The molecule has 1 aliphatic heterocycles. The molecule has 254 valence electrons. The lowest BCUT2D eigenvalue weighted by molar-refractivity contribution is -0.134. The number of carbonyl (C=O) groups excluding carboxylic acids is 4. The van der Waals surface area contributed by atoms with E-state index >= 15 is 0 Å². The molecule has 4 atom stereocenters. The number of nitrogens with two attached hydrogens (primary N) is 1. The van der Waals surface area contributed by atoms with E-state index in [4.69, 9.17) is 5.73 Å². The van der Waals surface area contributed by atoms with Crippen LogP contribution in [0.1, 0.15) is 108 Å². The summed E-state index contributed by atoms with van der Waals surface area (Å²) < 4.78 is 0. The Morgan fingerprint density at radius 2 is 1.57 bits per heavy atom. The van der Waals surface area contributed by atoms with Gasteiger partial charge in [-0.1, -0.05) is 64.4 Å². The Balaban J connectivity index is 1.61. The molecular formula is C34H47N7O4S2. The molecule has 0 aliphatic carbocycles. The number of hydrogen-bond donors (Lipinski definition) is 4. The van der Waals surface area contributed by atoms with Crippen molar-refractivity contribution in [1.82, 2.24) is 30.8 Å². The van der Waals surface area contributed by atoms with Gasteiger partial charge < -0.3 is 26.6 Å². The van der Waals surface area contributed by atoms with Crippen molar-refractivity contribution in [2.24, 2.45) is 17.6 Å². The van der Waals surface area contributed by atoms with Gasteiger partial charge in [0.05, 0.1) is 18.1 Å². The van der Waals surface area contributed by atoms with Crippen molar-refractivity contribution < 1.29 is 19.2 Å². The molecule has 47 heavy (non-hydrogen) atoms. The predicted octanol–water partition coefficient (Wildman–Crippen LogP) is 4.63. The van der Waals surface area contributed by atoms with Gasteiger partial charge in [-0.2, -0.15) is 0 Å². The van der Waals surface area contributed by atoms with Gasteiger partial charge in [0.25, 0.3) is 11.8 Å². The summed E-state index contributed by atoms with van der Waals surface area (Å²) >= 11 is 2.65. The van der Waals surface area contributed by atoms with E-state index in [1.54, 1.807) is 15.7 Å². The first-order valence-corrected chi connectivity index (χ1v) is 18.2. The molecule has 1 aliphatic rings. The van der Waals surface area contributed by atoms with E-state index in [9.17, 15) is 19.2 Å². The van der Waals surface area contributed by atoms with Crippen LogP contribution in [0.2, 0.25) is 0 Å². The first-order valence-electron chi connectivity index (χ1n) is 16.4. The van der Waals surface area contributed by atoms with Crippen LogP contribution in [0.25, 0.3) is 0 Å². The molecule has 2 aromatic heterocycles. The van der Waals surface area contributed by atoms with Crippen molar-refractivity contribution in [2.75, 3.05) is 19.6 Å². The second-order valence-corrected chi connectivity index (χ2v) is 14.3. The minimum Gasteiger partial charge on any atom is -0.351 e. The highest BCUT2D eigenvalue weighted by Crippen LogP contribution is 2.27. The Bertz CT molecular complexity index is 1490. The van der Waals surface area contributed by atoms with Gasteiger partial charge in [0.15, 0.2) is 0 Å². The lowest BCUT2D eigenvalue weighted by Crippen LogP contribution is -2.48. The molecule has 0 saturated carbocycles. The number of carbonyl (C=O) groups is 4. The van der Waals surface area contributed by atoms with Gasteiger partial charge in [-0.05, 0) is 43.1 Å². The molecule has 3 aromatic rings. The smallest absolute Gasteiger partial charge is 0.271 e. The average Bonchev–Trinajstić information content (AvgIpc) is 3.75. The second-order valence-electron chi connectivity index (χ2n) is 12.6. The number of hydrogen-bond acceptors (Lipinski definition) is 9. The normalized spacial score (nSPS) is 20.0. The van der Waals surface area contributed by atoms with E-state index in [0.717, 1.165) is 12.0 Å². The van der Waals surface area contributed by atoms with Gasteiger partial charge in [-0.25, -0.2) is 9.97 Å². The fourth-order valence-corrected chi connectivity index (χ4v) is 7.09. The molecule has 1 aromatic carbocycles.